The SMILES string of the molecule is CNC1CC2(CCCOC2)Oc2ccc(C)cc21. The van der Waals surface area contributed by atoms with Gasteiger partial charge in [-0.2, -0.15) is 0 Å². The number of ether oxygens (including phenoxy) is 2. The van der Waals surface area contributed by atoms with Crippen LogP contribution in [-0.4, -0.2) is 25.9 Å². The van der Waals surface area contributed by atoms with Gasteiger partial charge in [-0.1, -0.05) is 17.7 Å². The first-order valence-corrected chi connectivity index (χ1v) is 6.77. The summed E-state index contributed by atoms with van der Waals surface area (Å²) >= 11 is 0. The van der Waals surface area contributed by atoms with E-state index in [1.165, 1.54) is 11.1 Å². The minimum Gasteiger partial charge on any atom is -0.484 e. The number of hydrogen-bond donors (Lipinski definition) is 1. The zero-order chi connectivity index (χ0) is 12.6. The predicted octanol–water partition coefficient (Wildman–Crippen LogP) is 2.59. The summed E-state index contributed by atoms with van der Waals surface area (Å²) in [5.41, 5.74) is 2.45. The Morgan fingerprint density at radius 1 is 1.39 bits per heavy atom. The fraction of sp³-hybridized carbons (Fsp3) is 0.600. The Morgan fingerprint density at radius 3 is 3.00 bits per heavy atom. The van der Waals surface area contributed by atoms with E-state index >= 15 is 0 Å². The molecule has 3 nitrogen and oxygen atoms in total. The summed E-state index contributed by atoms with van der Waals surface area (Å²) in [6.45, 7) is 3.72. The molecule has 3 heteroatoms. The van der Waals surface area contributed by atoms with Gasteiger partial charge in [0.15, 0.2) is 0 Å². The summed E-state index contributed by atoms with van der Waals surface area (Å²) in [6.07, 6.45) is 3.19. The lowest BCUT2D eigenvalue weighted by Gasteiger charge is -2.44. The molecule has 1 saturated heterocycles. The van der Waals surface area contributed by atoms with E-state index in [1.54, 1.807) is 0 Å². The standard InChI is InChI=1S/C15H21NO2/c1-11-4-5-14-12(8-11)13(16-2)9-15(18-14)6-3-7-17-10-15/h4-5,8,13,16H,3,6-7,9-10H2,1-2H3. The minimum atomic E-state index is -0.117. The lowest BCUT2D eigenvalue weighted by molar-refractivity contribution is -0.0851. The summed E-state index contributed by atoms with van der Waals surface area (Å²) in [5.74, 6) is 1.02. The average molecular weight is 247 g/mol. The van der Waals surface area contributed by atoms with Crippen LogP contribution in [0.3, 0.4) is 0 Å². The molecule has 2 atom stereocenters. The number of rotatable bonds is 1. The van der Waals surface area contributed by atoms with Crippen molar-refractivity contribution >= 4 is 0 Å². The van der Waals surface area contributed by atoms with E-state index in [9.17, 15) is 0 Å². The van der Waals surface area contributed by atoms with Crippen LogP contribution in [0.5, 0.6) is 5.75 Å². The molecule has 0 saturated carbocycles. The molecule has 0 bridgehead atoms. The van der Waals surface area contributed by atoms with Crippen LogP contribution in [0.4, 0.5) is 0 Å². The molecule has 2 aliphatic heterocycles. The Morgan fingerprint density at radius 2 is 2.28 bits per heavy atom. The third kappa shape index (κ3) is 2.02. The number of aryl methyl sites for hydroxylation is 1. The van der Waals surface area contributed by atoms with E-state index < -0.39 is 0 Å². The fourth-order valence-corrected chi connectivity index (χ4v) is 3.12. The molecule has 0 aromatic heterocycles. The van der Waals surface area contributed by atoms with Gasteiger partial charge in [0.1, 0.15) is 11.4 Å². The fourth-order valence-electron chi connectivity index (χ4n) is 3.12. The van der Waals surface area contributed by atoms with Crippen molar-refractivity contribution in [2.75, 3.05) is 20.3 Å². The van der Waals surface area contributed by atoms with Gasteiger partial charge < -0.3 is 14.8 Å². The molecule has 1 spiro atoms. The molecule has 0 amide bonds. The van der Waals surface area contributed by atoms with Crippen LogP contribution in [0.15, 0.2) is 18.2 Å². The summed E-state index contributed by atoms with van der Waals surface area (Å²) in [7, 11) is 2.03. The molecule has 1 N–H and O–H groups in total. The van der Waals surface area contributed by atoms with Crippen molar-refractivity contribution in [3.05, 3.63) is 29.3 Å². The Kier molecular flexibility index (Phi) is 3.04. The van der Waals surface area contributed by atoms with Gasteiger partial charge in [-0.3, -0.25) is 0 Å². The van der Waals surface area contributed by atoms with E-state index in [1.807, 2.05) is 7.05 Å². The normalized spacial score (nSPS) is 30.9. The lowest BCUT2D eigenvalue weighted by Crippen LogP contribution is -2.49. The molecular weight excluding hydrogens is 226 g/mol. The van der Waals surface area contributed by atoms with E-state index in [0.717, 1.165) is 38.2 Å². The van der Waals surface area contributed by atoms with Crippen molar-refractivity contribution in [2.45, 2.75) is 37.8 Å². The average Bonchev–Trinajstić information content (AvgIpc) is 2.39. The van der Waals surface area contributed by atoms with Crippen molar-refractivity contribution in [3.8, 4) is 5.75 Å². The summed E-state index contributed by atoms with van der Waals surface area (Å²) in [6, 6.07) is 6.82. The third-order valence-electron chi connectivity index (χ3n) is 4.08. The van der Waals surface area contributed by atoms with Crippen molar-refractivity contribution in [3.63, 3.8) is 0 Å². The predicted molar refractivity (Wildman–Crippen MR) is 71.0 cm³/mol. The van der Waals surface area contributed by atoms with Crippen molar-refractivity contribution in [1.29, 1.82) is 0 Å². The molecule has 1 fully saturated rings. The maximum absolute atomic E-state index is 6.28. The number of hydrogen-bond acceptors (Lipinski definition) is 3. The van der Waals surface area contributed by atoms with Crippen molar-refractivity contribution < 1.29 is 9.47 Å². The molecule has 1 aromatic carbocycles. The highest BCUT2D eigenvalue weighted by Gasteiger charge is 2.42. The maximum atomic E-state index is 6.28. The van der Waals surface area contributed by atoms with Gasteiger partial charge in [0.05, 0.1) is 6.61 Å². The zero-order valence-electron chi connectivity index (χ0n) is 11.2. The highest BCUT2D eigenvalue weighted by atomic mass is 16.5. The molecule has 18 heavy (non-hydrogen) atoms. The van der Waals surface area contributed by atoms with Gasteiger partial charge in [0.25, 0.3) is 0 Å². The molecule has 0 radical (unpaired) electrons. The largest absolute Gasteiger partial charge is 0.484 e. The van der Waals surface area contributed by atoms with Gasteiger partial charge >= 0.3 is 0 Å². The Bertz CT molecular complexity index is 438. The van der Waals surface area contributed by atoms with Gasteiger partial charge in [-0.25, -0.2) is 0 Å². The molecule has 3 rings (SSSR count). The molecule has 0 aliphatic carbocycles. The van der Waals surface area contributed by atoms with Gasteiger partial charge in [0.2, 0.25) is 0 Å². The van der Waals surface area contributed by atoms with Crippen molar-refractivity contribution in [2.24, 2.45) is 0 Å². The van der Waals surface area contributed by atoms with E-state index in [0.29, 0.717) is 6.04 Å². The molecule has 2 aliphatic rings. The summed E-state index contributed by atoms with van der Waals surface area (Å²) in [5, 5.41) is 3.42. The second-order valence-corrected chi connectivity index (χ2v) is 5.53. The highest BCUT2D eigenvalue weighted by Crippen LogP contribution is 2.43. The topological polar surface area (TPSA) is 30.5 Å². The lowest BCUT2D eigenvalue weighted by atomic mass is 9.83. The van der Waals surface area contributed by atoms with Gasteiger partial charge in [0, 0.05) is 24.6 Å². The molecule has 2 heterocycles. The molecular formula is C15H21NO2. The van der Waals surface area contributed by atoms with Crippen LogP contribution in [0.2, 0.25) is 0 Å². The molecule has 1 aromatic rings. The Balaban J connectivity index is 1.96. The first kappa shape index (κ1) is 12.0. The van der Waals surface area contributed by atoms with Crippen LogP contribution < -0.4 is 10.1 Å². The smallest absolute Gasteiger partial charge is 0.134 e. The van der Waals surface area contributed by atoms with Crippen molar-refractivity contribution in [1.82, 2.24) is 5.32 Å². The van der Waals surface area contributed by atoms with Crippen LogP contribution in [0, 0.1) is 6.92 Å². The van der Waals surface area contributed by atoms with Gasteiger partial charge in [-0.15, -0.1) is 0 Å². The van der Waals surface area contributed by atoms with Crippen LogP contribution in [0.25, 0.3) is 0 Å². The van der Waals surface area contributed by atoms with E-state index in [4.69, 9.17) is 9.47 Å². The summed E-state index contributed by atoms with van der Waals surface area (Å²) in [4.78, 5) is 0. The molecule has 2 unspecified atom stereocenters. The van der Waals surface area contributed by atoms with Crippen LogP contribution in [-0.2, 0) is 4.74 Å². The summed E-state index contributed by atoms with van der Waals surface area (Å²) < 4.78 is 11.9. The first-order valence-electron chi connectivity index (χ1n) is 6.77. The first-order chi connectivity index (χ1) is 8.72. The quantitative estimate of drug-likeness (QED) is 0.827. The third-order valence-corrected chi connectivity index (χ3v) is 4.08. The van der Waals surface area contributed by atoms with Crippen LogP contribution >= 0.6 is 0 Å². The molecule has 98 valence electrons. The van der Waals surface area contributed by atoms with E-state index in [-0.39, 0.29) is 5.60 Å². The van der Waals surface area contributed by atoms with Gasteiger partial charge in [-0.05, 0) is 32.9 Å². The Labute approximate surface area is 108 Å². The number of nitrogens with one attached hydrogen (secondary N) is 1. The highest BCUT2D eigenvalue weighted by molar-refractivity contribution is 5.41. The second-order valence-electron chi connectivity index (χ2n) is 5.53. The van der Waals surface area contributed by atoms with Crippen LogP contribution in [0.1, 0.15) is 36.4 Å². The zero-order valence-corrected chi connectivity index (χ0v) is 11.2. The number of fused-ring (bicyclic) bond motifs is 1. The number of benzene rings is 1. The minimum absolute atomic E-state index is 0.117. The Hall–Kier alpha value is -1.06. The van der Waals surface area contributed by atoms with E-state index in [2.05, 4.69) is 30.4 Å². The monoisotopic (exact) mass is 247 g/mol. The second kappa shape index (κ2) is 4.56. The maximum Gasteiger partial charge on any atom is 0.134 e.